The number of hydrogen-bond donors (Lipinski definition) is 1. The summed E-state index contributed by atoms with van der Waals surface area (Å²) in [4.78, 5) is 58.6. The van der Waals surface area contributed by atoms with Crippen LogP contribution < -0.4 is 5.43 Å². The highest BCUT2D eigenvalue weighted by Gasteiger charge is 2.36. The largest absolute Gasteiger partial charge is 0.457 e. The molecule has 1 aliphatic rings. The van der Waals surface area contributed by atoms with E-state index in [0.717, 1.165) is 5.01 Å². The first kappa shape index (κ1) is 20.6. The van der Waals surface area contributed by atoms with E-state index in [1.807, 2.05) is 0 Å². The summed E-state index contributed by atoms with van der Waals surface area (Å²) in [6, 6.07) is 13.2. The summed E-state index contributed by atoms with van der Waals surface area (Å²) < 4.78 is 4.99. The highest BCUT2D eigenvalue weighted by atomic mass is 16.6. The summed E-state index contributed by atoms with van der Waals surface area (Å²) in [5, 5.41) is 11.7. The molecule has 3 rings (SSSR count). The Bertz CT molecular complexity index is 989. The maximum atomic E-state index is 12.2. The molecule has 2 amide bonds. The lowest BCUT2D eigenvalue weighted by Gasteiger charge is -2.17. The molecule has 10 nitrogen and oxygen atoms in total. The van der Waals surface area contributed by atoms with Gasteiger partial charge in [0.2, 0.25) is 5.91 Å². The lowest BCUT2D eigenvalue weighted by atomic mass is 10.1. The second kappa shape index (κ2) is 8.95. The SMILES string of the molecule is O=C(COC(=O)[C@@H]1CC(=O)N(NC(=O)c2ccccc2)C1)c1ccc([N+](=O)[O-])cc1. The van der Waals surface area contributed by atoms with Crippen molar-refractivity contribution < 1.29 is 28.8 Å². The summed E-state index contributed by atoms with van der Waals surface area (Å²) in [6.45, 7) is -0.625. The van der Waals surface area contributed by atoms with Gasteiger partial charge in [0.15, 0.2) is 12.4 Å². The number of non-ortho nitro benzene ring substituents is 1. The fourth-order valence-electron chi connectivity index (χ4n) is 2.86. The van der Waals surface area contributed by atoms with Gasteiger partial charge in [-0.3, -0.25) is 39.7 Å². The Kier molecular flexibility index (Phi) is 6.16. The van der Waals surface area contributed by atoms with E-state index in [9.17, 15) is 29.3 Å². The Morgan fingerprint density at radius 1 is 1.07 bits per heavy atom. The molecule has 1 saturated heterocycles. The van der Waals surface area contributed by atoms with Gasteiger partial charge in [-0.15, -0.1) is 0 Å². The van der Waals surface area contributed by atoms with Gasteiger partial charge in [-0.25, -0.2) is 0 Å². The van der Waals surface area contributed by atoms with Crippen LogP contribution in [0.25, 0.3) is 0 Å². The third-order valence-corrected chi connectivity index (χ3v) is 4.48. The number of ketones is 1. The highest BCUT2D eigenvalue weighted by molar-refractivity contribution is 5.99. The van der Waals surface area contributed by atoms with E-state index in [4.69, 9.17) is 4.74 Å². The number of nitro groups is 1. The molecule has 154 valence electrons. The highest BCUT2D eigenvalue weighted by Crippen LogP contribution is 2.18. The molecule has 0 aromatic heterocycles. The number of benzene rings is 2. The minimum atomic E-state index is -0.821. The van der Waals surface area contributed by atoms with E-state index in [1.165, 1.54) is 24.3 Å². The monoisotopic (exact) mass is 411 g/mol. The lowest BCUT2D eigenvalue weighted by molar-refractivity contribution is -0.384. The van der Waals surface area contributed by atoms with Crippen LogP contribution in [0.15, 0.2) is 54.6 Å². The van der Waals surface area contributed by atoms with Gasteiger partial charge in [0.25, 0.3) is 11.6 Å². The first-order valence-corrected chi connectivity index (χ1v) is 8.96. The van der Waals surface area contributed by atoms with Gasteiger partial charge in [-0.2, -0.15) is 0 Å². The summed E-state index contributed by atoms with van der Waals surface area (Å²) in [7, 11) is 0. The van der Waals surface area contributed by atoms with Crippen LogP contribution in [0.3, 0.4) is 0 Å². The number of nitro benzene ring substituents is 1. The Labute approximate surface area is 170 Å². The van der Waals surface area contributed by atoms with Crippen molar-refractivity contribution in [3.8, 4) is 0 Å². The number of nitrogens with zero attached hydrogens (tertiary/aromatic N) is 2. The number of hydrogen-bond acceptors (Lipinski definition) is 7. The smallest absolute Gasteiger partial charge is 0.311 e. The second-order valence-corrected chi connectivity index (χ2v) is 6.55. The van der Waals surface area contributed by atoms with Crippen molar-refractivity contribution in [2.75, 3.05) is 13.2 Å². The maximum Gasteiger partial charge on any atom is 0.311 e. The molecule has 0 aliphatic carbocycles. The van der Waals surface area contributed by atoms with Crippen LogP contribution >= 0.6 is 0 Å². The zero-order chi connectivity index (χ0) is 21.7. The standard InChI is InChI=1S/C20H17N3O7/c24-17(13-6-8-16(9-7-13)23(28)29)12-30-20(27)15-10-18(25)22(11-15)21-19(26)14-4-2-1-3-5-14/h1-9,15H,10-12H2,(H,21,26)/t15-/m1/s1. The Morgan fingerprint density at radius 3 is 2.37 bits per heavy atom. The van der Waals surface area contributed by atoms with Crippen molar-refractivity contribution in [1.82, 2.24) is 10.4 Å². The summed E-state index contributed by atoms with van der Waals surface area (Å²) >= 11 is 0. The minimum absolute atomic E-state index is 0.0675. The number of carbonyl (C=O) groups excluding carboxylic acids is 4. The van der Waals surface area contributed by atoms with E-state index >= 15 is 0 Å². The minimum Gasteiger partial charge on any atom is -0.457 e. The molecule has 2 aromatic carbocycles. The first-order chi connectivity index (χ1) is 14.3. The number of Topliss-reactive ketones (excluding diaryl/α,β-unsaturated/α-hetero) is 1. The quantitative estimate of drug-likeness (QED) is 0.316. The number of esters is 1. The summed E-state index contributed by atoms with van der Waals surface area (Å²) in [6.07, 6.45) is -0.153. The number of nitrogens with one attached hydrogen (secondary N) is 1. The predicted molar refractivity (Wildman–Crippen MR) is 102 cm³/mol. The number of amides is 2. The van der Waals surface area contributed by atoms with Crippen molar-refractivity contribution >= 4 is 29.3 Å². The molecule has 0 saturated carbocycles. The molecule has 1 N–H and O–H groups in total. The van der Waals surface area contributed by atoms with Gasteiger partial charge in [0.05, 0.1) is 17.4 Å². The molecule has 10 heteroatoms. The number of rotatable bonds is 7. The van der Waals surface area contributed by atoms with Crippen molar-refractivity contribution in [3.05, 3.63) is 75.8 Å². The van der Waals surface area contributed by atoms with E-state index < -0.39 is 41.0 Å². The van der Waals surface area contributed by atoms with Crippen LogP contribution in [0.2, 0.25) is 0 Å². The van der Waals surface area contributed by atoms with Gasteiger partial charge < -0.3 is 4.74 Å². The van der Waals surface area contributed by atoms with Gasteiger partial charge in [0.1, 0.15) is 0 Å². The molecule has 30 heavy (non-hydrogen) atoms. The molecule has 2 aromatic rings. The van der Waals surface area contributed by atoms with Crippen LogP contribution in [0.5, 0.6) is 0 Å². The molecular weight excluding hydrogens is 394 g/mol. The Hall–Kier alpha value is -4.08. The third kappa shape index (κ3) is 4.85. The van der Waals surface area contributed by atoms with Gasteiger partial charge in [-0.1, -0.05) is 18.2 Å². The van der Waals surface area contributed by atoms with E-state index in [2.05, 4.69) is 5.43 Å². The van der Waals surface area contributed by atoms with Crippen molar-refractivity contribution in [3.63, 3.8) is 0 Å². The molecule has 1 heterocycles. The lowest BCUT2D eigenvalue weighted by Crippen LogP contribution is -2.43. The maximum absolute atomic E-state index is 12.2. The third-order valence-electron chi connectivity index (χ3n) is 4.48. The fourth-order valence-corrected chi connectivity index (χ4v) is 2.86. The van der Waals surface area contributed by atoms with Gasteiger partial charge in [-0.05, 0) is 24.3 Å². The average Bonchev–Trinajstić information content (AvgIpc) is 3.12. The topological polar surface area (TPSA) is 136 Å². The zero-order valence-electron chi connectivity index (χ0n) is 15.6. The van der Waals surface area contributed by atoms with Crippen LogP contribution in [-0.2, 0) is 14.3 Å². The molecule has 0 spiro atoms. The summed E-state index contributed by atoms with van der Waals surface area (Å²) in [5.41, 5.74) is 2.81. The zero-order valence-corrected chi connectivity index (χ0v) is 15.6. The normalized spacial score (nSPS) is 15.5. The van der Waals surface area contributed by atoms with E-state index in [0.29, 0.717) is 5.56 Å². The molecule has 1 aliphatic heterocycles. The van der Waals surface area contributed by atoms with Gasteiger partial charge in [0, 0.05) is 29.7 Å². The fraction of sp³-hybridized carbons (Fsp3) is 0.200. The van der Waals surface area contributed by atoms with Crippen LogP contribution in [0.1, 0.15) is 27.1 Å². The van der Waals surface area contributed by atoms with Gasteiger partial charge >= 0.3 is 5.97 Å². The summed E-state index contributed by atoms with van der Waals surface area (Å²) in [5.74, 6) is -3.01. The van der Waals surface area contributed by atoms with Crippen LogP contribution in [0.4, 0.5) is 5.69 Å². The number of hydrazine groups is 1. The average molecular weight is 411 g/mol. The number of carbonyl (C=O) groups is 4. The number of ether oxygens (including phenoxy) is 1. The van der Waals surface area contributed by atoms with E-state index in [1.54, 1.807) is 30.3 Å². The molecule has 0 radical (unpaired) electrons. The predicted octanol–water partition coefficient (Wildman–Crippen LogP) is 1.51. The Balaban J connectivity index is 1.51. The van der Waals surface area contributed by atoms with Crippen LogP contribution in [0, 0.1) is 16.0 Å². The van der Waals surface area contributed by atoms with Crippen LogP contribution in [-0.4, -0.2) is 46.7 Å². The molecule has 0 unspecified atom stereocenters. The molecular formula is C20H17N3O7. The molecule has 1 fully saturated rings. The van der Waals surface area contributed by atoms with E-state index in [-0.39, 0.29) is 24.2 Å². The van der Waals surface area contributed by atoms with Crippen molar-refractivity contribution in [2.45, 2.75) is 6.42 Å². The van der Waals surface area contributed by atoms with Crippen molar-refractivity contribution in [2.24, 2.45) is 5.92 Å². The molecule has 0 bridgehead atoms. The van der Waals surface area contributed by atoms with Crippen molar-refractivity contribution in [1.29, 1.82) is 0 Å². The second-order valence-electron chi connectivity index (χ2n) is 6.55. The first-order valence-electron chi connectivity index (χ1n) is 8.96. The molecule has 1 atom stereocenters. The Morgan fingerprint density at radius 2 is 1.73 bits per heavy atom.